The van der Waals surface area contributed by atoms with E-state index in [1.54, 1.807) is 48.8 Å². The molecule has 0 fully saturated rings. The number of hydrogen-bond acceptors (Lipinski definition) is 5. The van der Waals surface area contributed by atoms with E-state index in [1.807, 2.05) is 34.9 Å². The molecular weight excluding hydrogens is 378 g/mol. The van der Waals surface area contributed by atoms with Gasteiger partial charge in [-0.2, -0.15) is 5.26 Å². The summed E-state index contributed by atoms with van der Waals surface area (Å²) in [5.41, 5.74) is 3.04. The van der Waals surface area contributed by atoms with Gasteiger partial charge >= 0.3 is 0 Å². The van der Waals surface area contributed by atoms with E-state index in [0.717, 1.165) is 5.56 Å². The van der Waals surface area contributed by atoms with Crippen molar-refractivity contribution in [3.05, 3.63) is 95.9 Å². The van der Waals surface area contributed by atoms with Crippen molar-refractivity contribution >= 4 is 28.7 Å². The Balaban J connectivity index is 1.57. The van der Waals surface area contributed by atoms with E-state index in [1.165, 1.54) is 0 Å². The first-order chi connectivity index (χ1) is 14.7. The number of anilines is 2. The number of aromatic nitrogens is 2. The van der Waals surface area contributed by atoms with Crippen LogP contribution in [-0.2, 0) is 11.3 Å². The lowest BCUT2D eigenvalue weighted by Gasteiger charge is -2.07. The minimum Gasteiger partial charge on any atom is -0.367 e. The second-order valence-corrected chi connectivity index (χ2v) is 6.58. The molecule has 0 saturated carbocycles. The number of benzene rings is 1. The van der Waals surface area contributed by atoms with Crippen LogP contribution in [0.25, 0.3) is 5.52 Å². The van der Waals surface area contributed by atoms with E-state index in [2.05, 4.69) is 21.7 Å². The van der Waals surface area contributed by atoms with Gasteiger partial charge < -0.3 is 15.0 Å². The molecule has 0 spiro atoms. The molecule has 1 aromatic carbocycles. The Hall–Kier alpha value is -4.44. The summed E-state index contributed by atoms with van der Waals surface area (Å²) in [5, 5.41) is 14.8. The number of carbonyl (C=O) groups excluding carboxylic acids is 2. The minimum atomic E-state index is -0.712. The Bertz CT molecular complexity index is 1250. The highest BCUT2D eigenvalue weighted by Crippen LogP contribution is 2.23. The summed E-state index contributed by atoms with van der Waals surface area (Å²) in [7, 11) is 0. The molecule has 3 heterocycles. The molecule has 0 bridgehead atoms. The number of pyridine rings is 2. The van der Waals surface area contributed by atoms with Crippen LogP contribution in [-0.4, -0.2) is 21.1 Å². The molecule has 0 saturated heterocycles. The molecule has 0 atom stereocenters. The van der Waals surface area contributed by atoms with Gasteiger partial charge in [-0.05, 0) is 48.0 Å². The number of fused-ring (bicyclic) bond motifs is 1. The predicted octanol–water partition coefficient (Wildman–Crippen LogP) is 3.64. The molecule has 2 N–H and O–H groups in total. The zero-order chi connectivity index (χ0) is 20.9. The van der Waals surface area contributed by atoms with Gasteiger partial charge in [0.05, 0.1) is 22.7 Å². The third kappa shape index (κ3) is 3.88. The topological polar surface area (TPSA) is 99.3 Å². The zero-order valence-corrected chi connectivity index (χ0v) is 15.9. The highest BCUT2D eigenvalue weighted by molar-refractivity contribution is 6.48. The van der Waals surface area contributed by atoms with Crippen LogP contribution >= 0.6 is 0 Å². The Labute approximate surface area is 172 Å². The average molecular weight is 395 g/mol. The van der Waals surface area contributed by atoms with Crippen LogP contribution < -0.4 is 10.6 Å². The van der Waals surface area contributed by atoms with E-state index in [4.69, 9.17) is 5.26 Å². The molecule has 1 amide bonds. The third-order valence-corrected chi connectivity index (χ3v) is 4.62. The Morgan fingerprint density at radius 3 is 2.53 bits per heavy atom. The average Bonchev–Trinajstić information content (AvgIpc) is 3.17. The van der Waals surface area contributed by atoms with E-state index in [0.29, 0.717) is 34.7 Å². The summed E-state index contributed by atoms with van der Waals surface area (Å²) in [6.45, 7) is 0.504. The van der Waals surface area contributed by atoms with Gasteiger partial charge in [0.1, 0.15) is 5.82 Å². The number of hydrogen-bond donors (Lipinski definition) is 2. The molecule has 3 aromatic heterocycles. The molecule has 0 aliphatic heterocycles. The predicted molar refractivity (Wildman–Crippen MR) is 113 cm³/mol. The molecule has 0 unspecified atom stereocenters. The van der Waals surface area contributed by atoms with Gasteiger partial charge in [-0.3, -0.25) is 14.6 Å². The van der Waals surface area contributed by atoms with Crippen molar-refractivity contribution in [3.63, 3.8) is 0 Å². The van der Waals surface area contributed by atoms with Crippen LogP contribution in [0.1, 0.15) is 21.5 Å². The largest absolute Gasteiger partial charge is 0.367 e. The molecular formula is C23H17N5O2. The minimum absolute atomic E-state index is 0.310. The molecule has 4 rings (SSSR count). The van der Waals surface area contributed by atoms with Crippen LogP contribution in [0, 0.1) is 11.3 Å². The first-order valence-electron chi connectivity index (χ1n) is 9.24. The fourth-order valence-electron chi connectivity index (χ4n) is 3.11. The quantitative estimate of drug-likeness (QED) is 0.384. The number of carbonyl (C=O) groups is 2. The molecule has 0 aliphatic carbocycles. The van der Waals surface area contributed by atoms with Gasteiger partial charge in [0.15, 0.2) is 0 Å². The maximum atomic E-state index is 12.8. The maximum absolute atomic E-state index is 12.8. The second-order valence-electron chi connectivity index (χ2n) is 6.58. The highest BCUT2D eigenvalue weighted by Gasteiger charge is 2.22. The van der Waals surface area contributed by atoms with Gasteiger partial charge in [-0.25, -0.2) is 0 Å². The Morgan fingerprint density at radius 1 is 1.03 bits per heavy atom. The van der Waals surface area contributed by atoms with Gasteiger partial charge in [0.2, 0.25) is 0 Å². The zero-order valence-electron chi connectivity index (χ0n) is 15.9. The number of amides is 1. The summed E-state index contributed by atoms with van der Waals surface area (Å²) in [6.07, 6.45) is 4.91. The molecule has 7 nitrogen and oxygen atoms in total. The monoisotopic (exact) mass is 395 g/mol. The van der Waals surface area contributed by atoms with Crippen molar-refractivity contribution in [2.75, 3.05) is 10.6 Å². The van der Waals surface area contributed by atoms with Crippen LogP contribution in [0.15, 0.2) is 79.3 Å². The summed E-state index contributed by atoms with van der Waals surface area (Å²) in [4.78, 5) is 29.2. The summed E-state index contributed by atoms with van der Waals surface area (Å²) in [5.74, 6) is -0.645. The third-order valence-electron chi connectivity index (χ3n) is 4.62. The van der Waals surface area contributed by atoms with E-state index in [-0.39, 0.29) is 0 Å². The van der Waals surface area contributed by atoms with Crippen molar-refractivity contribution in [2.24, 2.45) is 0 Å². The van der Waals surface area contributed by atoms with Gasteiger partial charge in [-0.1, -0.05) is 18.2 Å². The van der Waals surface area contributed by atoms with Gasteiger partial charge in [0, 0.05) is 30.8 Å². The number of nitriles is 1. The molecule has 0 radical (unpaired) electrons. The molecule has 7 heteroatoms. The SMILES string of the molecule is N#Cc1ccc(CNc2cc(C(=O)C(=O)Nc3ccncc3)c3ccccn23)cc1. The van der Waals surface area contributed by atoms with Gasteiger partial charge in [0.25, 0.3) is 11.7 Å². The molecule has 4 aromatic rings. The molecule has 0 aliphatic rings. The van der Waals surface area contributed by atoms with Crippen molar-refractivity contribution < 1.29 is 9.59 Å². The van der Waals surface area contributed by atoms with Crippen molar-refractivity contribution in [1.82, 2.24) is 9.38 Å². The van der Waals surface area contributed by atoms with E-state index < -0.39 is 11.7 Å². The van der Waals surface area contributed by atoms with Crippen molar-refractivity contribution in [2.45, 2.75) is 6.54 Å². The van der Waals surface area contributed by atoms with Crippen LogP contribution in [0.3, 0.4) is 0 Å². The summed E-state index contributed by atoms with van der Waals surface area (Å²) >= 11 is 0. The van der Waals surface area contributed by atoms with Crippen molar-refractivity contribution in [1.29, 1.82) is 5.26 Å². The Kier molecular flexibility index (Phi) is 5.22. The summed E-state index contributed by atoms with van der Waals surface area (Å²) in [6, 6.07) is 19.7. The fourth-order valence-corrected chi connectivity index (χ4v) is 3.11. The van der Waals surface area contributed by atoms with E-state index >= 15 is 0 Å². The number of nitrogens with one attached hydrogen (secondary N) is 2. The normalized spacial score (nSPS) is 10.4. The molecule has 30 heavy (non-hydrogen) atoms. The number of nitrogens with zero attached hydrogens (tertiary/aromatic N) is 3. The van der Waals surface area contributed by atoms with Crippen LogP contribution in [0.5, 0.6) is 0 Å². The number of rotatable bonds is 6. The van der Waals surface area contributed by atoms with E-state index in [9.17, 15) is 9.59 Å². The lowest BCUT2D eigenvalue weighted by Crippen LogP contribution is -2.22. The lowest BCUT2D eigenvalue weighted by atomic mass is 10.1. The molecule has 146 valence electrons. The fraction of sp³-hybridized carbons (Fsp3) is 0.0435. The highest BCUT2D eigenvalue weighted by atomic mass is 16.2. The summed E-state index contributed by atoms with van der Waals surface area (Å²) < 4.78 is 1.83. The lowest BCUT2D eigenvalue weighted by molar-refractivity contribution is -0.112. The first kappa shape index (κ1) is 18.9. The Morgan fingerprint density at radius 2 is 1.80 bits per heavy atom. The van der Waals surface area contributed by atoms with Crippen LogP contribution in [0.4, 0.5) is 11.5 Å². The first-order valence-corrected chi connectivity index (χ1v) is 9.24. The second kappa shape index (κ2) is 8.29. The maximum Gasteiger partial charge on any atom is 0.296 e. The van der Waals surface area contributed by atoms with Gasteiger partial charge in [-0.15, -0.1) is 0 Å². The standard InChI is InChI=1S/C23H17N5O2/c24-14-16-4-6-17(7-5-16)15-26-21-13-19(20-3-1-2-12-28(20)21)22(29)23(30)27-18-8-10-25-11-9-18/h1-13,26H,15H2,(H,25,27,30). The number of ketones is 1. The number of Topliss-reactive ketones (excluding diaryl/α,β-unsaturated/α-hetero) is 1. The van der Waals surface area contributed by atoms with Crippen molar-refractivity contribution in [3.8, 4) is 6.07 Å². The van der Waals surface area contributed by atoms with Crippen LogP contribution in [0.2, 0.25) is 0 Å². The smallest absolute Gasteiger partial charge is 0.296 e.